The topological polar surface area (TPSA) is 72.0 Å². The van der Waals surface area contributed by atoms with E-state index in [1.807, 2.05) is 79.7 Å². The molecule has 2 N–H and O–H groups in total. The maximum Gasteiger partial charge on any atom is 0.229 e. The summed E-state index contributed by atoms with van der Waals surface area (Å²) in [6.07, 6.45) is 1.78. The van der Waals surface area contributed by atoms with E-state index < -0.39 is 0 Å². The molecule has 0 bridgehead atoms. The van der Waals surface area contributed by atoms with Crippen molar-refractivity contribution in [2.75, 3.05) is 17.7 Å². The molecule has 2 heterocycles. The van der Waals surface area contributed by atoms with Crippen molar-refractivity contribution in [3.05, 3.63) is 90.3 Å². The van der Waals surface area contributed by atoms with Crippen molar-refractivity contribution in [1.29, 1.82) is 0 Å². The first-order valence-corrected chi connectivity index (χ1v) is 9.71. The second-order valence-corrected chi connectivity index (χ2v) is 6.83. The highest BCUT2D eigenvalue weighted by molar-refractivity contribution is 5.68. The highest BCUT2D eigenvalue weighted by atomic mass is 16.5. The van der Waals surface area contributed by atoms with Gasteiger partial charge in [0, 0.05) is 17.8 Å². The fourth-order valence-corrected chi connectivity index (χ4v) is 3.07. The van der Waals surface area contributed by atoms with Crippen molar-refractivity contribution in [3.63, 3.8) is 0 Å². The Morgan fingerprint density at radius 3 is 2.50 bits per heavy atom. The summed E-state index contributed by atoms with van der Waals surface area (Å²) in [5.41, 5.74) is 4.71. The van der Waals surface area contributed by atoms with Crippen molar-refractivity contribution in [2.45, 2.75) is 13.5 Å². The Bertz CT molecular complexity index is 1120. The minimum atomic E-state index is 0.490. The second-order valence-electron chi connectivity index (χ2n) is 6.83. The lowest BCUT2D eigenvalue weighted by Crippen LogP contribution is -2.07. The van der Waals surface area contributed by atoms with Crippen LogP contribution in [0.4, 0.5) is 17.5 Å². The summed E-state index contributed by atoms with van der Waals surface area (Å²) >= 11 is 0. The molecule has 0 unspecified atom stereocenters. The number of aryl methyl sites for hydroxylation is 1. The normalized spacial score (nSPS) is 10.5. The Balaban J connectivity index is 1.67. The molecule has 0 aliphatic carbocycles. The molecule has 0 aliphatic heterocycles. The monoisotopic (exact) mass is 397 g/mol. The summed E-state index contributed by atoms with van der Waals surface area (Å²) in [5.74, 6) is 1.93. The Kier molecular flexibility index (Phi) is 5.85. The van der Waals surface area contributed by atoms with Gasteiger partial charge in [-0.1, -0.05) is 42.5 Å². The third-order valence-electron chi connectivity index (χ3n) is 4.57. The molecule has 4 aromatic rings. The van der Waals surface area contributed by atoms with Gasteiger partial charge in [-0.05, 0) is 36.8 Å². The van der Waals surface area contributed by atoms with E-state index in [1.54, 1.807) is 13.3 Å². The average molecular weight is 397 g/mol. The number of benzene rings is 2. The fourth-order valence-electron chi connectivity index (χ4n) is 3.07. The van der Waals surface area contributed by atoms with Crippen molar-refractivity contribution in [2.24, 2.45) is 0 Å². The van der Waals surface area contributed by atoms with Gasteiger partial charge in [-0.3, -0.25) is 4.98 Å². The summed E-state index contributed by atoms with van der Waals surface area (Å²) in [6.45, 7) is 2.60. The molecule has 0 fully saturated rings. The average Bonchev–Trinajstić information content (AvgIpc) is 2.79. The standard InChI is InChI=1S/C24H23N5O/c1-17-11-12-22(30-2)21(14-17)28-24-27-20(18-8-4-3-5-9-18)15-23(29-24)26-16-19-10-6-7-13-25-19/h3-15H,16H2,1-2H3,(H2,26,27,28,29). The van der Waals surface area contributed by atoms with Crippen LogP contribution in [0.25, 0.3) is 11.3 Å². The summed E-state index contributed by atoms with van der Waals surface area (Å²) in [7, 11) is 1.65. The van der Waals surface area contributed by atoms with Crippen molar-refractivity contribution < 1.29 is 4.74 Å². The van der Waals surface area contributed by atoms with Gasteiger partial charge < -0.3 is 15.4 Å². The smallest absolute Gasteiger partial charge is 0.229 e. The first-order chi connectivity index (χ1) is 14.7. The molecule has 0 spiro atoms. The predicted molar refractivity (Wildman–Crippen MR) is 120 cm³/mol. The molecule has 150 valence electrons. The van der Waals surface area contributed by atoms with E-state index in [0.717, 1.165) is 34.0 Å². The number of ether oxygens (including phenoxy) is 1. The number of anilines is 3. The van der Waals surface area contributed by atoms with Gasteiger partial charge in [0.05, 0.1) is 30.7 Å². The van der Waals surface area contributed by atoms with Crippen molar-refractivity contribution in [1.82, 2.24) is 15.0 Å². The number of nitrogens with zero attached hydrogens (tertiary/aromatic N) is 3. The first-order valence-electron chi connectivity index (χ1n) is 9.71. The van der Waals surface area contributed by atoms with Gasteiger partial charge in [-0.15, -0.1) is 0 Å². The van der Waals surface area contributed by atoms with Crippen LogP contribution in [0.3, 0.4) is 0 Å². The Morgan fingerprint density at radius 1 is 0.900 bits per heavy atom. The molecule has 2 aromatic heterocycles. The van der Waals surface area contributed by atoms with Crippen LogP contribution in [0.5, 0.6) is 5.75 Å². The van der Waals surface area contributed by atoms with Crippen molar-refractivity contribution in [3.8, 4) is 17.0 Å². The van der Waals surface area contributed by atoms with Crippen LogP contribution in [-0.4, -0.2) is 22.1 Å². The molecule has 30 heavy (non-hydrogen) atoms. The summed E-state index contributed by atoms with van der Waals surface area (Å²) in [6, 6.07) is 23.8. The number of methoxy groups -OCH3 is 1. The Hall–Kier alpha value is -3.93. The van der Waals surface area contributed by atoms with E-state index >= 15 is 0 Å². The van der Waals surface area contributed by atoms with Crippen LogP contribution in [0.15, 0.2) is 79.0 Å². The van der Waals surface area contributed by atoms with Crippen LogP contribution >= 0.6 is 0 Å². The lowest BCUT2D eigenvalue weighted by molar-refractivity contribution is 0.416. The van der Waals surface area contributed by atoms with E-state index in [2.05, 4.69) is 20.6 Å². The number of hydrogen-bond donors (Lipinski definition) is 2. The van der Waals surface area contributed by atoms with E-state index in [4.69, 9.17) is 9.72 Å². The highest BCUT2D eigenvalue weighted by Gasteiger charge is 2.10. The molecule has 0 amide bonds. The van der Waals surface area contributed by atoms with Crippen LogP contribution in [0.1, 0.15) is 11.3 Å². The molecule has 6 heteroatoms. The minimum Gasteiger partial charge on any atom is -0.495 e. The van der Waals surface area contributed by atoms with Gasteiger partial charge in [0.2, 0.25) is 5.95 Å². The van der Waals surface area contributed by atoms with Gasteiger partial charge >= 0.3 is 0 Å². The lowest BCUT2D eigenvalue weighted by atomic mass is 10.1. The largest absolute Gasteiger partial charge is 0.495 e. The molecule has 0 saturated carbocycles. The molecule has 0 aliphatic rings. The Labute approximate surface area is 176 Å². The van der Waals surface area contributed by atoms with Gasteiger partial charge in [0.1, 0.15) is 11.6 Å². The number of rotatable bonds is 7. The molecule has 6 nitrogen and oxygen atoms in total. The molecule has 0 radical (unpaired) electrons. The third-order valence-corrected chi connectivity index (χ3v) is 4.57. The molecule has 0 atom stereocenters. The van der Waals surface area contributed by atoms with Gasteiger partial charge in [-0.25, -0.2) is 4.98 Å². The first kappa shape index (κ1) is 19.4. The second kappa shape index (κ2) is 9.05. The van der Waals surface area contributed by atoms with E-state index in [-0.39, 0.29) is 0 Å². The Morgan fingerprint density at radius 2 is 1.73 bits per heavy atom. The third kappa shape index (κ3) is 4.72. The molecule has 0 saturated heterocycles. The van der Waals surface area contributed by atoms with Gasteiger partial charge in [-0.2, -0.15) is 4.98 Å². The van der Waals surface area contributed by atoms with Crippen molar-refractivity contribution >= 4 is 17.5 Å². The SMILES string of the molecule is COc1ccc(C)cc1Nc1nc(NCc2ccccn2)cc(-c2ccccc2)n1. The minimum absolute atomic E-state index is 0.490. The zero-order chi connectivity index (χ0) is 20.8. The highest BCUT2D eigenvalue weighted by Crippen LogP contribution is 2.29. The lowest BCUT2D eigenvalue weighted by Gasteiger charge is -2.14. The fraction of sp³-hybridized carbons (Fsp3) is 0.125. The summed E-state index contributed by atoms with van der Waals surface area (Å²) in [4.78, 5) is 13.7. The quantitative estimate of drug-likeness (QED) is 0.446. The maximum atomic E-state index is 5.48. The molecular weight excluding hydrogens is 374 g/mol. The molecular formula is C24H23N5O. The van der Waals surface area contributed by atoms with E-state index in [0.29, 0.717) is 18.3 Å². The van der Waals surface area contributed by atoms with Crippen LogP contribution in [0, 0.1) is 6.92 Å². The number of aromatic nitrogens is 3. The maximum absolute atomic E-state index is 5.48. The van der Waals surface area contributed by atoms with Crippen LogP contribution < -0.4 is 15.4 Å². The molecule has 2 aromatic carbocycles. The number of hydrogen-bond acceptors (Lipinski definition) is 6. The molecule has 4 rings (SSSR count). The van der Waals surface area contributed by atoms with E-state index in [1.165, 1.54) is 0 Å². The summed E-state index contributed by atoms with van der Waals surface area (Å²) in [5, 5.41) is 6.66. The summed E-state index contributed by atoms with van der Waals surface area (Å²) < 4.78 is 5.48. The number of pyridine rings is 1. The zero-order valence-electron chi connectivity index (χ0n) is 17.0. The van der Waals surface area contributed by atoms with Gasteiger partial charge in [0.25, 0.3) is 0 Å². The zero-order valence-corrected chi connectivity index (χ0v) is 17.0. The van der Waals surface area contributed by atoms with Crippen LogP contribution in [-0.2, 0) is 6.54 Å². The van der Waals surface area contributed by atoms with Gasteiger partial charge in [0.15, 0.2) is 0 Å². The van der Waals surface area contributed by atoms with Crippen LogP contribution in [0.2, 0.25) is 0 Å². The van der Waals surface area contributed by atoms with E-state index in [9.17, 15) is 0 Å². The predicted octanol–water partition coefficient (Wildman–Crippen LogP) is 5.21. The number of nitrogens with one attached hydrogen (secondary N) is 2.